The van der Waals surface area contributed by atoms with Gasteiger partial charge in [0.05, 0.1) is 18.2 Å². The van der Waals surface area contributed by atoms with Crippen molar-refractivity contribution in [3.8, 4) is 0 Å². The average Bonchev–Trinajstić information content (AvgIpc) is 3.33. The Labute approximate surface area is 254 Å². The Balaban J connectivity index is 1.35. The van der Waals surface area contributed by atoms with Crippen molar-refractivity contribution in [3.63, 3.8) is 0 Å². The van der Waals surface area contributed by atoms with Crippen molar-refractivity contribution in [1.29, 1.82) is 0 Å². The summed E-state index contributed by atoms with van der Waals surface area (Å²) in [5.74, 6) is 3.45. The van der Waals surface area contributed by atoms with E-state index in [2.05, 4.69) is 77.7 Å². The number of rotatable bonds is 4. The van der Waals surface area contributed by atoms with Crippen molar-refractivity contribution in [3.05, 3.63) is 41.5 Å². The molecule has 228 valence electrons. The highest BCUT2D eigenvalue weighted by atomic mass is 16.5. The van der Waals surface area contributed by atoms with E-state index < -0.39 is 0 Å². The molecule has 1 aromatic carbocycles. The van der Waals surface area contributed by atoms with E-state index in [0.717, 1.165) is 19.3 Å². The Morgan fingerprint density at radius 2 is 1.62 bits per heavy atom. The molecule has 5 aliphatic rings. The van der Waals surface area contributed by atoms with Gasteiger partial charge in [0.2, 0.25) is 6.08 Å². The number of hydrogen-bond acceptors (Lipinski definition) is 4. The Morgan fingerprint density at radius 1 is 0.905 bits per heavy atom. The molecule has 4 heteroatoms. The normalized spacial score (nSPS) is 43.6. The Kier molecular flexibility index (Phi) is 7.05. The van der Waals surface area contributed by atoms with E-state index in [9.17, 15) is 9.59 Å². The topological polar surface area (TPSA) is 55.7 Å². The molecule has 1 unspecified atom stereocenters. The quantitative estimate of drug-likeness (QED) is 0.206. The van der Waals surface area contributed by atoms with Crippen LogP contribution in [0.25, 0.3) is 5.57 Å². The van der Waals surface area contributed by atoms with Gasteiger partial charge in [-0.15, -0.1) is 0 Å². The SMILES string of the molecule is COC(=O)c1ccc(C2=CC[C@@]3(C)[C@@H](CCC4(C)[C@@H]3CC[C@@H]3[C@H]5[C@H](C(C)C)CC[C@]5(N=C=O)CC[C@]34C)C2(C)C)cc1. The van der Waals surface area contributed by atoms with Gasteiger partial charge in [-0.2, -0.15) is 4.99 Å². The van der Waals surface area contributed by atoms with Gasteiger partial charge in [0.1, 0.15) is 0 Å². The first kappa shape index (κ1) is 29.9. The second-order valence-electron chi connectivity index (χ2n) is 16.6. The highest BCUT2D eigenvalue weighted by Gasteiger charge is 2.70. The third-order valence-corrected chi connectivity index (χ3v) is 14.8. The van der Waals surface area contributed by atoms with E-state index in [1.165, 1.54) is 56.8 Å². The molecule has 4 fully saturated rings. The second-order valence-corrected chi connectivity index (χ2v) is 16.6. The zero-order valence-corrected chi connectivity index (χ0v) is 27.4. The van der Waals surface area contributed by atoms with Crippen LogP contribution >= 0.6 is 0 Å². The highest BCUT2D eigenvalue weighted by Crippen LogP contribution is 2.77. The summed E-state index contributed by atoms with van der Waals surface area (Å²) in [7, 11) is 1.44. The van der Waals surface area contributed by atoms with Crippen LogP contribution in [0.2, 0.25) is 0 Å². The van der Waals surface area contributed by atoms with E-state index >= 15 is 0 Å². The number of aliphatic imine (C=N–C) groups is 1. The number of benzene rings is 1. The summed E-state index contributed by atoms with van der Waals surface area (Å²) in [6, 6.07) is 8.06. The summed E-state index contributed by atoms with van der Waals surface area (Å²) >= 11 is 0. The van der Waals surface area contributed by atoms with Crippen LogP contribution in [0.1, 0.15) is 122 Å². The molecule has 6 rings (SSSR count). The molecule has 0 bridgehead atoms. The summed E-state index contributed by atoms with van der Waals surface area (Å²) in [5.41, 5.74) is 3.96. The molecule has 42 heavy (non-hydrogen) atoms. The van der Waals surface area contributed by atoms with Gasteiger partial charge in [-0.05, 0) is 138 Å². The Bertz CT molecular complexity index is 1320. The molecule has 0 spiro atoms. The number of esters is 1. The summed E-state index contributed by atoms with van der Waals surface area (Å²) < 4.78 is 4.93. The predicted molar refractivity (Wildman–Crippen MR) is 169 cm³/mol. The van der Waals surface area contributed by atoms with Crippen LogP contribution in [-0.2, 0) is 9.53 Å². The van der Waals surface area contributed by atoms with E-state index in [-0.39, 0.29) is 33.2 Å². The fourth-order valence-corrected chi connectivity index (χ4v) is 12.6. The largest absolute Gasteiger partial charge is 0.465 e. The average molecular weight is 572 g/mol. The number of allylic oxidation sites excluding steroid dienone is 2. The number of hydrogen-bond donors (Lipinski definition) is 0. The lowest BCUT2D eigenvalue weighted by molar-refractivity contribution is -0.219. The summed E-state index contributed by atoms with van der Waals surface area (Å²) in [5, 5.41) is 0. The number of methoxy groups -OCH3 is 1. The molecular formula is C38H53NO3. The lowest BCUT2D eigenvalue weighted by Crippen LogP contribution is -2.66. The maximum absolute atomic E-state index is 12.1. The Hall–Kier alpha value is -2.19. The van der Waals surface area contributed by atoms with Gasteiger partial charge in [0, 0.05) is 0 Å². The minimum atomic E-state index is -0.281. The number of fused-ring (bicyclic) bond motifs is 7. The van der Waals surface area contributed by atoms with Crippen molar-refractivity contribution in [2.75, 3.05) is 7.11 Å². The van der Waals surface area contributed by atoms with Crippen LogP contribution in [0, 0.1) is 57.2 Å². The van der Waals surface area contributed by atoms with Crippen LogP contribution in [-0.4, -0.2) is 24.7 Å². The minimum absolute atomic E-state index is 0.0491. The van der Waals surface area contributed by atoms with Crippen molar-refractivity contribution >= 4 is 17.6 Å². The van der Waals surface area contributed by atoms with Crippen molar-refractivity contribution < 1.29 is 14.3 Å². The zero-order chi connectivity index (χ0) is 30.3. The lowest BCUT2D eigenvalue weighted by Gasteiger charge is -2.72. The number of ether oxygens (including phenoxy) is 1. The molecule has 4 saturated carbocycles. The van der Waals surface area contributed by atoms with Gasteiger partial charge < -0.3 is 4.74 Å². The minimum Gasteiger partial charge on any atom is -0.465 e. The Morgan fingerprint density at radius 3 is 2.26 bits per heavy atom. The van der Waals surface area contributed by atoms with E-state index in [1.54, 1.807) is 0 Å². The standard InChI is InChI=1S/C38H53NO3/c1-24(2)27-15-20-38(39-23-40)22-21-36(6)29(32(27)38)13-14-31-35(5)18-16-28(25-9-11-26(12-10-25)33(41)42-8)34(3,4)30(35)17-19-37(31,36)7/h9-12,16,24,27,29-32H,13-15,17-22H2,1-8H3/t27-,29+,30-,31+,32+,35-,36+,37?,38-/m0/s1. The van der Waals surface area contributed by atoms with Crippen LogP contribution in [0.15, 0.2) is 35.3 Å². The van der Waals surface area contributed by atoms with Gasteiger partial charge in [0.25, 0.3) is 0 Å². The van der Waals surface area contributed by atoms with Crippen molar-refractivity contribution in [2.45, 2.75) is 112 Å². The molecule has 0 aliphatic heterocycles. The second kappa shape index (κ2) is 9.91. The molecule has 0 N–H and O–H groups in total. The number of nitrogens with zero attached hydrogens (tertiary/aromatic N) is 1. The fourth-order valence-electron chi connectivity index (χ4n) is 12.6. The highest BCUT2D eigenvalue weighted by molar-refractivity contribution is 5.89. The lowest BCUT2D eigenvalue weighted by atomic mass is 9.33. The molecule has 0 heterocycles. The molecular weight excluding hydrogens is 518 g/mol. The summed E-state index contributed by atoms with van der Waals surface area (Å²) in [6.07, 6.45) is 15.4. The van der Waals surface area contributed by atoms with Crippen LogP contribution in [0.4, 0.5) is 0 Å². The maximum atomic E-state index is 12.1. The maximum Gasteiger partial charge on any atom is 0.337 e. The predicted octanol–water partition coefficient (Wildman–Crippen LogP) is 9.29. The molecule has 0 aromatic heterocycles. The van der Waals surface area contributed by atoms with Crippen LogP contribution in [0.3, 0.4) is 0 Å². The third kappa shape index (κ3) is 3.89. The van der Waals surface area contributed by atoms with Crippen molar-refractivity contribution in [1.82, 2.24) is 0 Å². The molecule has 9 atom stereocenters. The molecule has 1 aromatic rings. The van der Waals surface area contributed by atoms with E-state index in [0.29, 0.717) is 41.1 Å². The first-order chi connectivity index (χ1) is 19.8. The van der Waals surface area contributed by atoms with Gasteiger partial charge in [-0.1, -0.05) is 66.7 Å². The molecule has 0 amide bonds. The molecule has 4 nitrogen and oxygen atoms in total. The van der Waals surface area contributed by atoms with Crippen molar-refractivity contribution in [2.24, 2.45) is 62.2 Å². The number of isocyanates is 1. The van der Waals surface area contributed by atoms with E-state index in [4.69, 9.17) is 4.74 Å². The summed E-state index contributed by atoms with van der Waals surface area (Å²) in [6.45, 7) is 17.7. The molecule has 5 aliphatic carbocycles. The van der Waals surface area contributed by atoms with Gasteiger partial charge in [0.15, 0.2) is 0 Å². The molecule has 0 radical (unpaired) electrons. The van der Waals surface area contributed by atoms with Gasteiger partial charge in [-0.3, -0.25) is 0 Å². The van der Waals surface area contributed by atoms with Crippen LogP contribution < -0.4 is 0 Å². The van der Waals surface area contributed by atoms with E-state index in [1.807, 2.05) is 12.1 Å². The number of carbonyl (C=O) groups is 1. The van der Waals surface area contributed by atoms with Crippen LogP contribution in [0.5, 0.6) is 0 Å². The first-order valence-corrected chi connectivity index (χ1v) is 16.8. The van der Waals surface area contributed by atoms with Gasteiger partial charge in [-0.25, -0.2) is 9.59 Å². The third-order valence-electron chi connectivity index (χ3n) is 14.8. The molecule has 0 saturated heterocycles. The first-order valence-electron chi connectivity index (χ1n) is 16.8. The smallest absolute Gasteiger partial charge is 0.337 e. The zero-order valence-electron chi connectivity index (χ0n) is 27.4. The number of carbonyl (C=O) groups excluding carboxylic acids is 2. The monoisotopic (exact) mass is 571 g/mol. The fraction of sp³-hybridized carbons (Fsp3) is 0.737. The van der Waals surface area contributed by atoms with Gasteiger partial charge >= 0.3 is 5.97 Å². The summed E-state index contributed by atoms with van der Waals surface area (Å²) in [4.78, 5) is 28.5.